The molecule has 0 nitrogen and oxygen atoms in total. The fourth-order valence-corrected chi connectivity index (χ4v) is 3.58. The third-order valence-corrected chi connectivity index (χ3v) is 5.03. The van der Waals surface area contributed by atoms with Crippen molar-refractivity contribution in [3.8, 4) is 0 Å². The van der Waals surface area contributed by atoms with Crippen LogP contribution in [0.25, 0.3) is 0 Å². The van der Waals surface area contributed by atoms with Crippen LogP contribution in [0, 0.1) is 11.8 Å². The first-order chi connectivity index (χ1) is 10.3. The van der Waals surface area contributed by atoms with E-state index in [1.165, 1.54) is 96.3 Å². The van der Waals surface area contributed by atoms with Crippen LogP contribution in [0.5, 0.6) is 0 Å². The van der Waals surface area contributed by atoms with Crippen molar-refractivity contribution in [1.82, 2.24) is 0 Å². The maximum absolute atomic E-state index is 2.35. The van der Waals surface area contributed by atoms with Gasteiger partial charge in [0.05, 0.1) is 0 Å². The van der Waals surface area contributed by atoms with Crippen molar-refractivity contribution in [2.45, 2.75) is 124 Å². The van der Waals surface area contributed by atoms with Gasteiger partial charge in [-0.05, 0) is 18.3 Å². The van der Waals surface area contributed by atoms with Crippen LogP contribution in [0.3, 0.4) is 0 Å². The molecular formula is C21H44. The van der Waals surface area contributed by atoms with Gasteiger partial charge in [-0.2, -0.15) is 0 Å². The molecule has 0 bridgehead atoms. The van der Waals surface area contributed by atoms with Gasteiger partial charge in [0.1, 0.15) is 0 Å². The minimum Gasteiger partial charge on any atom is -0.0654 e. The summed E-state index contributed by atoms with van der Waals surface area (Å²) in [7, 11) is 0. The molecule has 0 saturated heterocycles. The minimum absolute atomic E-state index is 1.03. The molecule has 0 aromatic carbocycles. The van der Waals surface area contributed by atoms with E-state index in [-0.39, 0.29) is 0 Å². The Bertz CT molecular complexity index is 164. The molecule has 21 heavy (non-hydrogen) atoms. The van der Waals surface area contributed by atoms with Crippen molar-refractivity contribution in [2.24, 2.45) is 11.8 Å². The fourth-order valence-electron chi connectivity index (χ4n) is 3.58. The molecule has 0 radical (unpaired) electrons. The van der Waals surface area contributed by atoms with Crippen LogP contribution in [0.4, 0.5) is 0 Å². The molecule has 0 amide bonds. The Kier molecular flexibility index (Phi) is 16.4. The van der Waals surface area contributed by atoms with Gasteiger partial charge in [-0.15, -0.1) is 0 Å². The molecule has 0 spiro atoms. The third-order valence-electron chi connectivity index (χ3n) is 5.03. The second-order valence-corrected chi connectivity index (χ2v) is 7.24. The molecule has 0 heteroatoms. The first kappa shape index (κ1) is 21.0. The number of hydrogen-bond acceptors (Lipinski definition) is 0. The van der Waals surface area contributed by atoms with E-state index in [0.29, 0.717) is 0 Å². The SMILES string of the molecule is CCCCCC(CCCC)CC(CCCC)CCCCC. The van der Waals surface area contributed by atoms with Gasteiger partial charge < -0.3 is 0 Å². The second kappa shape index (κ2) is 16.4. The van der Waals surface area contributed by atoms with Gasteiger partial charge in [-0.1, -0.05) is 118 Å². The molecule has 0 aliphatic rings. The van der Waals surface area contributed by atoms with E-state index in [1.807, 2.05) is 0 Å². The summed E-state index contributed by atoms with van der Waals surface area (Å²) in [6, 6.07) is 0. The smallest absolute Gasteiger partial charge is 0.0412 e. The highest BCUT2D eigenvalue weighted by Gasteiger charge is 2.16. The topological polar surface area (TPSA) is 0 Å². The zero-order chi connectivity index (χ0) is 15.8. The van der Waals surface area contributed by atoms with Crippen molar-refractivity contribution in [2.75, 3.05) is 0 Å². The van der Waals surface area contributed by atoms with E-state index in [0.717, 1.165) is 11.8 Å². The van der Waals surface area contributed by atoms with Crippen LogP contribution in [0.1, 0.15) is 124 Å². The molecule has 0 saturated carbocycles. The Morgan fingerprint density at radius 2 is 0.762 bits per heavy atom. The third kappa shape index (κ3) is 13.4. The van der Waals surface area contributed by atoms with Gasteiger partial charge >= 0.3 is 0 Å². The van der Waals surface area contributed by atoms with Crippen LogP contribution < -0.4 is 0 Å². The van der Waals surface area contributed by atoms with E-state index in [1.54, 1.807) is 0 Å². The van der Waals surface area contributed by atoms with Gasteiger partial charge in [-0.25, -0.2) is 0 Å². The molecule has 0 fully saturated rings. The first-order valence-electron chi connectivity index (χ1n) is 10.3. The first-order valence-corrected chi connectivity index (χ1v) is 10.3. The largest absolute Gasteiger partial charge is 0.0654 e. The molecule has 0 aromatic heterocycles. The summed E-state index contributed by atoms with van der Waals surface area (Å²) in [6.07, 6.45) is 21.8. The lowest BCUT2D eigenvalue weighted by molar-refractivity contribution is 0.286. The van der Waals surface area contributed by atoms with E-state index < -0.39 is 0 Å². The maximum atomic E-state index is 2.35. The van der Waals surface area contributed by atoms with Gasteiger partial charge in [0.15, 0.2) is 0 Å². The molecule has 2 atom stereocenters. The predicted molar refractivity (Wildman–Crippen MR) is 98.9 cm³/mol. The molecule has 0 aromatic rings. The summed E-state index contributed by atoms with van der Waals surface area (Å²) < 4.78 is 0. The Morgan fingerprint density at radius 1 is 0.429 bits per heavy atom. The fraction of sp³-hybridized carbons (Fsp3) is 1.00. The van der Waals surface area contributed by atoms with Crippen LogP contribution in [0.15, 0.2) is 0 Å². The van der Waals surface area contributed by atoms with Gasteiger partial charge in [0.2, 0.25) is 0 Å². The summed E-state index contributed by atoms with van der Waals surface area (Å²) in [5.41, 5.74) is 0. The lowest BCUT2D eigenvalue weighted by Gasteiger charge is -2.24. The molecule has 0 heterocycles. The van der Waals surface area contributed by atoms with Crippen molar-refractivity contribution in [3.05, 3.63) is 0 Å². The van der Waals surface area contributed by atoms with Gasteiger partial charge in [0, 0.05) is 0 Å². The average molecular weight is 297 g/mol. The minimum atomic E-state index is 1.03. The maximum Gasteiger partial charge on any atom is -0.0412 e. The highest BCUT2D eigenvalue weighted by molar-refractivity contribution is 4.68. The normalized spacial score (nSPS) is 14.3. The summed E-state index contributed by atoms with van der Waals surface area (Å²) in [4.78, 5) is 0. The molecular weight excluding hydrogens is 252 g/mol. The summed E-state index contributed by atoms with van der Waals surface area (Å²) >= 11 is 0. The van der Waals surface area contributed by atoms with Crippen molar-refractivity contribution >= 4 is 0 Å². The van der Waals surface area contributed by atoms with Crippen LogP contribution >= 0.6 is 0 Å². The highest BCUT2D eigenvalue weighted by Crippen LogP contribution is 2.30. The molecule has 0 aliphatic carbocycles. The summed E-state index contributed by atoms with van der Waals surface area (Å²) in [5.74, 6) is 2.06. The quantitative estimate of drug-likeness (QED) is 0.252. The highest BCUT2D eigenvalue weighted by atomic mass is 14.2. The molecule has 0 N–H and O–H groups in total. The lowest BCUT2D eigenvalue weighted by atomic mass is 9.82. The molecule has 0 rings (SSSR count). The molecule has 2 unspecified atom stereocenters. The Labute approximate surface area is 136 Å². The van der Waals surface area contributed by atoms with Gasteiger partial charge in [-0.3, -0.25) is 0 Å². The van der Waals surface area contributed by atoms with Crippen molar-refractivity contribution < 1.29 is 0 Å². The van der Waals surface area contributed by atoms with Crippen molar-refractivity contribution in [3.63, 3.8) is 0 Å². The van der Waals surface area contributed by atoms with E-state index in [2.05, 4.69) is 27.7 Å². The van der Waals surface area contributed by atoms with Crippen molar-refractivity contribution in [1.29, 1.82) is 0 Å². The van der Waals surface area contributed by atoms with Crippen LogP contribution in [0.2, 0.25) is 0 Å². The lowest BCUT2D eigenvalue weighted by Crippen LogP contribution is -2.10. The predicted octanol–water partition coefficient (Wildman–Crippen LogP) is 8.15. The zero-order valence-corrected chi connectivity index (χ0v) is 15.8. The average Bonchev–Trinajstić information content (AvgIpc) is 2.50. The standard InChI is InChI=1S/C21H44/c1-5-9-13-17-20(15-11-7-3)19-21(16-12-8-4)18-14-10-6-2/h20-21H,5-19H2,1-4H3. The number of rotatable bonds is 16. The number of unbranched alkanes of at least 4 members (excludes halogenated alkanes) is 6. The molecule has 128 valence electrons. The Balaban J connectivity index is 4.22. The van der Waals surface area contributed by atoms with Crippen LogP contribution in [-0.4, -0.2) is 0 Å². The molecule has 0 aliphatic heterocycles. The van der Waals surface area contributed by atoms with E-state index in [9.17, 15) is 0 Å². The van der Waals surface area contributed by atoms with E-state index in [4.69, 9.17) is 0 Å². The van der Waals surface area contributed by atoms with Crippen LogP contribution in [-0.2, 0) is 0 Å². The van der Waals surface area contributed by atoms with E-state index >= 15 is 0 Å². The monoisotopic (exact) mass is 296 g/mol. The summed E-state index contributed by atoms with van der Waals surface area (Å²) in [5, 5.41) is 0. The second-order valence-electron chi connectivity index (χ2n) is 7.24. The zero-order valence-electron chi connectivity index (χ0n) is 15.8. The Morgan fingerprint density at radius 3 is 1.10 bits per heavy atom. The summed E-state index contributed by atoms with van der Waals surface area (Å²) in [6.45, 7) is 9.35. The van der Waals surface area contributed by atoms with Gasteiger partial charge in [0.25, 0.3) is 0 Å². The number of hydrogen-bond donors (Lipinski definition) is 0. The Hall–Kier alpha value is 0.